The Bertz CT molecular complexity index is 476. The number of halogens is 1. The third-order valence-corrected chi connectivity index (χ3v) is 2.37. The van der Waals surface area contributed by atoms with Crippen LogP contribution in [0.3, 0.4) is 0 Å². The average molecular weight is 205 g/mol. The van der Waals surface area contributed by atoms with E-state index in [0.717, 1.165) is 23.2 Å². The van der Waals surface area contributed by atoms with E-state index in [2.05, 4.69) is 10.2 Å². The van der Waals surface area contributed by atoms with Gasteiger partial charge in [0, 0.05) is 11.1 Å². The van der Waals surface area contributed by atoms with Gasteiger partial charge in [-0.15, -0.1) is 0 Å². The predicted molar refractivity (Wildman–Crippen MR) is 57.8 cm³/mol. The summed E-state index contributed by atoms with van der Waals surface area (Å²) in [5.41, 5.74) is 8.20. The molecule has 2 rings (SSSR count). The minimum Gasteiger partial charge on any atom is -0.382 e. The number of nitrogen functional groups attached to an aromatic ring is 1. The van der Waals surface area contributed by atoms with Gasteiger partial charge in [0.25, 0.3) is 0 Å². The van der Waals surface area contributed by atoms with Crippen molar-refractivity contribution in [2.45, 2.75) is 13.3 Å². The molecule has 0 amide bonds. The van der Waals surface area contributed by atoms with E-state index in [1.165, 1.54) is 12.1 Å². The Morgan fingerprint density at radius 1 is 1.47 bits per heavy atom. The summed E-state index contributed by atoms with van der Waals surface area (Å²) in [5, 5.41) is 6.75. The smallest absolute Gasteiger partial charge is 0.149 e. The number of anilines is 1. The summed E-state index contributed by atoms with van der Waals surface area (Å²) in [6, 6.07) is 6.37. The van der Waals surface area contributed by atoms with Crippen LogP contribution in [0, 0.1) is 5.82 Å². The van der Waals surface area contributed by atoms with Crippen LogP contribution in [0.1, 0.15) is 12.5 Å². The van der Waals surface area contributed by atoms with Gasteiger partial charge in [0.05, 0.1) is 5.69 Å². The lowest BCUT2D eigenvalue weighted by atomic mass is 10.1. The Morgan fingerprint density at radius 2 is 2.27 bits per heavy atom. The largest absolute Gasteiger partial charge is 0.382 e. The molecule has 15 heavy (non-hydrogen) atoms. The quantitative estimate of drug-likeness (QED) is 0.790. The Balaban J connectivity index is 2.54. The lowest BCUT2D eigenvalue weighted by Crippen LogP contribution is -1.91. The molecule has 4 heteroatoms. The van der Waals surface area contributed by atoms with Gasteiger partial charge in [-0.25, -0.2) is 4.39 Å². The zero-order valence-corrected chi connectivity index (χ0v) is 8.42. The predicted octanol–water partition coefficient (Wildman–Crippen LogP) is 2.36. The van der Waals surface area contributed by atoms with E-state index in [1.807, 2.05) is 13.0 Å². The lowest BCUT2D eigenvalue weighted by Gasteiger charge is -2.01. The van der Waals surface area contributed by atoms with Gasteiger partial charge in [-0.3, -0.25) is 5.10 Å². The number of hydrogen-bond donors (Lipinski definition) is 2. The minimum atomic E-state index is -0.261. The summed E-state index contributed by atoms with van der Waals surface area (Å²) in [6.07, 6.45) is 0.772. The third-order valence-electron chi connectivity index (χ3n) is 2.37. The van der Waals surface area contributed by atoms with Crippen LogP contribution in [-0.4, -0.2) is 10.2 Å². The van der Waals surface area contributed by atoms with Crippen LogP contribution in [0.25, 0.3) is 11.3 Å². The third kappa shape index (κ3) is 1.70. The van der Waals surface area contributed by atoms with E-state index < -0.39 is 0 Å². The van der Waals surface area contributed by atoms with E-state index in [9.17, 15) is 4.39 Å². The van der Waals surface area contributed by atoms with Gasteiger partial charge in [-0.1, -0.05) is 19.1 Å². The molecule has 1 heterocycles. The van der Waals surface area contributed by atoms with Crippen LogP contribution < -0.4 is 5.73 Å². The van der Waals surface area contributed by atoms with Gasteiger partial charge in [0.2, 0.25) is 0 Å². The summed E-state index contributed by atoms with van der Waals surface area (Å²) in [6.45, 7) is 1.99. The maximum atomic E-state index is 13.0. The van der Waals surface area contributed by atoms with Gasteiger partial charge in [0.15, 0.2) is 0 Å². The highest BCUT2D eigenvalue weighted by Crippen LogP contribution is 2.25. The summed E-state index contributed by atoms with van der Waals surface area (Å²) in [7, 11) is 0. The van der Waals surface area contributed by atoms with E-state index in [0.29, 0.717) is 5.82 Å². The second-order valence-electron chi connectivity index (χ2n) is 3.33. The van der Waals surface area contributed by atoms with Crippen LogP contribution in [0.4, 0.5) is 10.2 Å². The molecule has 0 aliphatic carbocycles. The van der Waals surface area contributed by atoms with Crippen molar-refractivity contribution in [2.75, 3.05) is 5.73 Å². The number of aromatic amines is 1. The lowest BCUT2D eigenvalue weighted by molar-refractivity contribution is 0.628. The SMILES string of the molecule is CCc1c(N)n[nH]c1-c1cccc(F)c1. The first-order valence-corrected chi connectivity index (χ1v) is 4.81. The van der Waals surface area contributed by atoms with E-state index in [1.54, 1.807) is 6.07 Å². The van der Waals surface area contributed by atoms with Crippen molar-refractivity contribution in [3.05, 3.63) is 35.6 Å². The first-order chi connectivity index (χ1) is 7.22. The van der Waals surface area contributed by atoms with Crippen molar-refractivity contribution in [3.63, 3.8) is 0 Å². The van der Waals surface area contributed by atoms with Crippen molar-refractivity contribution in [1.29, 1.82) is 0 Å². The second kappa shape index (κ2) is 3.73. The number of benzene rings is 1. The average Bonchev–Trinajstić information content (AvgIpc) is 2.59. The molecule has 3 nitrogen and oxygen atoms in total. The molecule has 0 bridgehead atoms. The maximum Gasteiger partial charge on any atom is 0.149 e. The van der Waals surface area contributed by atoms with Gasteiger partial charge < -0.3 is 5.73 Å². The highest BCUT2D eigenvalue weighted by Gasteiger charge is 2.10. The summed E-state index contributed by atoms with van der Waals surface area (Å²) in [4.78, 5) is 0. The van der Waals surface area contributed by atoms with E-state index in [4.69, 9.17) is 5.73 Å². The van der Waals surface area contributed by atoms with Crippen LogP contribution in [-0.2, 0) is 6.42 Å². The van der Waals surface area contributed by atoms with Crippen molar-refractivity contribution < 1.29 is 4.39 Å². The molecule has 3 N–H and O–H groups in total. The summed E-state index contributed by atoms with van der Waals surface area (Å²) >= 11 is 0. The number of hydrogen-bond acceptors (Lipinski definition) is 2. The molecule has 0 atom stereocenters. The Morgan fingerprint density at radius 3 is 2.93 bits per heavy atom. The van der Waals surface area contributed by atoms with Gasteiger partial charge in [0.1, 0.15) is 11.6 Å². The molecule has 0 unspecified atom stereocenters. The zero-order valence-electron chi connectivity index (χ0n) is 8.42. The monoisotopic (exact) mass is 205 g/mol. The molecule has 0 radical (unpaired) electrons. The zero-order chi connectivity index (χ0) is 10.8. The van der Waals surface area contributed by atoms with E-state index >= 15 is 0 Å². The minimum absolute atomic E-state index is 0.261. The van der Waals surface area contributed by atoms with Crippen molar-refractivity contribution in [2.24, 2.45) is 0 Å². The molecule has 78 valence electrons. The Hall–Kier alpha value is -1.84. The summed E-state index contributed by atoms with van der Waals surface area (Å²) < 4.78 is 13.0. The highest BCUT2D eigenvalue weighted by molar-refractivity contribution is 5.67. The molecule has 0 saturated heterocycles. The fourth-order valence-electron chi connectivity index (χ4n) is 1.62. The first-order valence-electron chi connectivity index (χ1n) is 4.81. The van der Waals surface area contributed by atoms with Crippen LogP contribution in [0.2, 0.25) is 0 Å². The maximum absolute atomic E-state index is 13.0. The molecule has 1 aromatic carbocycles. The number of nitrogens with zero attached hydrogens (tertiary/aromatic N) is 1. The second-order valence-corrected chi connectivity index (χ2v) is 3.33. The number of nitrogens with two attached hydrogens (primary N) is 1. The Kier molecular flexibility index (Phi) is 2.41. The molecule has 2 aromatic rings. The first kappa shape index (κ1) is 9.71. The molecule has 0 aliphatic rings. The molecule has 0 spiro atoms. The molecular weight excluding hydrogens is 193 g/mol. The van der Waals surface area contributed by atoms with E-state index in [-0.39, 0.29) is 5.82 Å². The molecule has 0 saturated carbocycles. The fourth-order valence-corrected chi connectivity index (χ4v) is 1.62. The van der Waals surface area contributed by atoms with Gasteiger partial charge in [-0.2, -0.15) is 5.10 Å². The Labute approximate surface area is 87.1 Å². The number of rotatable bonds is 2. The van der Waals surface area contributed by atoms with Crippen molar-refractivity contribution >= 4 is 5.82 Å². The van der Waals surface area contributed by atoms with Crippen LogP contribution >= 0.6 is 0 Å². The highest BCUT2D eigenvalue weighted by atomic mass is 19.1. The fraction of sp³-hybridized carbons (Fsp3) is 0.182. The van der Waals surface area contributed by atoms with Crippen LogP contribution in [0.5, 0.6) is 0 Å². The standard InChI is InChI=1S/C11H12FN3/c1-2-9-10(14-15-11(9)13)7-4-3-5-8(12)6-7/h3-6H,2H2,1H3,(H3,13,14,15). The number of H-pyrrole nitrogens is 1. The van der Waals surface area contributed by atoms with Gasteiger partial charge in [-0.05, 0) is 18.6 Å². The topological polar surface area (TPSA) is 54.7 Å². The molecular formula is C11H12FN3. The molecule has 0 aliphatic heterocycles. The normalized spacial score (nSPS) is 10.5. The van der Waals surface area contributed by atoms with Gasteiger partial charge >= 0.3 is 0 Å². The number of aromatic nitrogens is 2. The van der Waals surface area contributed by atoms with Crippen LogP contribution in [0.15, 0.2) is 24.3 Å². The molecule has 1 aromatic heterocycles. The number of nitrogens with one attached hydrogen (secondary N) is 1. The van der Waals surface area contributed by atoms with Crippen molar-refractivity contribution in [1.82, 2.24) is 10.2 Å². The molecule has 0 fully saturated rings. The van der Waals surface area contributed by atoms with Crippen molar-refractivity contribution in [3.8, 4) is 11.3 Å². The summed E-state index contributed by atoms with van der Waals surface area (Å²) in [5.74, 6) is 0.222.